The van der Waals surface area contributed by atoms with E-state index in [1.54, 1.807) is 15.3 Å². The number of aromatic nitrogens is 3. The largest absolute Gasteiger partial charge is 0.352 e. The molecule has 0 fully saturated rings. The smallest absolute Gasteiger partial charge is 0.277 e. The van der Waals surface area contributed by atoms with Crippen molar-refractivity contribution in [3.63, 3.8) is 0 Å². The maximum absolute atomic E-state index is 13.0. The number of aryl methyl sites for hydroxylation is 2. The van der Waals surface area contributed by atoms with Crippen LogP contribution >= 0.6 is 0 Å². The molecule has 1 aliphatic carbocycles. The SMILES string of the molecule is CC(C)CNC(=O)c1ccc(Cn2ccn3nc4c(c3c2=O)CCCC4)cc1. The number of fused-ring (bicyclic) bond motifs is 3. The molecule has 0 spiro atoms. The summed E-state index contributed by atoms with van der Waals surface area (Å²) in [5, 5.41) is 7.50. The Labute approximate surface area is 164 Å². The van der Waals surface area contributed by atoms with Crippen molar-refractivity contribution in [2.45, 2.75) is 46.1 Å². The maximum atomic E-state index is 13.0. The summed E-state index contributed by atoms with van der Waals surface area (Å²) in [6, 6.07) is 7.45. The third-order valence-electron chi connectivity index (χ3n) is 5.27. The number of rotatable bonds is 5. The van der Waals surface area contributed by atoms with Crippen molar-refractivity contribution in [3.05, 3.63) is 69.4 Å². The van der Waals surface area contributed by atoms with Crippen molar-refractivity contribution in [2.75, 3.05) is 6.54 Å². The minimum atomic E-state index is -0.0651. The fourth-order valence-corrected chi connectivity index (χ4v) is 3.74. The fraction of sp³-hybridized carbons (Fsp3) is 0.409. The minimum Gasteiger partial charge on any atom is -0.352 e. The molecule has 0 atom stereocenters. The van der Waals surface area contributed by atoms with E-state index in [1.807, 2.05) is 30.5 Å². The van der Waals surface area contributed by atoms with E-state index in [2.05, 4.69) is 24.3 Å². The molecule has 0 radical (unpaired) electrons. The van der Waals surface area contributed by atoms with Gasteiger partial charge in [0.25, 0.3) is 11.5 Å². The summed E-state index contributed by atoms with van der Waals surface area (Å²) in [6.45, 7) is 5.26. The van der Waals surface area contributed by atoms with Gasteiger partial charge in [0, 0.05) is 30.1 Å². The first-order valence-electron chi connectivity index (χ1n) is 9.99. The van der Waals surface area contributed by atoms with Gasteiger partial charge in [0.1, 0.15) is 5.52 Å². The highest BCUT2D eigenvalue weighted by Crippen LogP contribution is 2.22. The molecule has 1 aromatic carbocycles. The second-order valence-electron chi connectivity index (χ2n) is 7.96. The Bertz CT molecular complexity index is 1060. The van der Waals surface area contributed by atoms with Crippen LogP contribution in [0.3, 0.4) is 0 Å². The topological polar surface area (TPSA) is 68.4 Å². The Hall–Kier alpha value is -2.89. The van der Waals surface area contributed by atoms with E-state index in [-0.39, 0.29) is 11.5 Å². The summed E-state index contributed by atoms with van der Waals surface area (Å²) in [5.41, 5.74) is 4.51. The molecule has 0 bridgehead atoms. The number of carbonyl (C=O) groups excluding carboxylic acids is 1. The van der Waals surface area contributed by atoms with Crippen LogP contribution in [0.5, 0.6) is 0 Å². The lowest BCUT2D eigenvalue weighted by Crippen LogP contribution is -2.27. The third kappa shape index (κ3) is 3.59. The molecule has 2 aromatic heterocycles. The van der Waals surface area contributed by atoms with Gasteiger partial charge in [-0.15, -0.1) is 0 Å². The summed E-state index contributed by atoms with van der Waals surface area (Å²) >= 11 is 0. The number of amides is 1. The van der Waals surface area contributed by atoms with Gasteiger partial charge in [-0.2, -0.15) is 5.10 Å². The van der Waals surface area contributed by atoms with Gasteiger partial charge < -0.3 is 9.88 Å². The van der Waals surface area contributed by atoms with Crippen LogP contribution in [0.1, 0.15) is 53.9 Å². The first-order valence-corrected chi connectivity index (χ1v) is 9.99. The molecule has 6 heteroatoms. The highest BCUT2D eigenvalue weighted by Gasteiger charge is 2.19. The van der Waals surface area contributed by atoms with Crippen molar-refractivity contribution in [3.8, 4) is 0 Å². The molecule has 28 heavy (non-hydrogen) atoms. The van der Waals surface area contributed by atoms with Gasteiger partial charge in [-0.05, 0) is 49.3 Å². The number of nitrogens with zero attached hydrogens (tertiary/aromatic N) is 3. The highest BCUT2D eigenvalue weighted by molar-refractivity contribution is 5.94. The van der Waals surface area contributed by atoms with E-state index in [4.69, 9.17) is 0 Å². The van der Waals surface area contributed by atoms with Crippen LogP contribution in [0.4, 0.5) is 0 Å². The Morgan fingerprint density at radius 1 is 1.14 bits per heavy atom. The van der Waals surface area contributed by atoms with E-state index in [0.717, 1.165) is 42.5 Å². The van der Waals surface area contributed by atoms with Crippen molar-refractivity contribution in [1.82, 2.24) is 19.5 Å². The van der Waals surface area contributed by atoms with E-state index < -0.39 is 0 Å². The van der Waals surface area contributed by atoms with Gasteiger partial charge in [-0.25, -0.2) is 4.52 Å². The lowest BCUT2D eigenvalue weighted by Gasteiger charge is -2.10. The number of benzene rings is 1. The van der Waals surface area contributed by atoms with Gasteiger partial charge in [0.2, 0.25) is 0 Å². The molecule has 0 saturated carbocycles. The van der Waals surface area contributed by atoms with Gasteiger partial charge >= 0.3 is 0 Å². The summed E-state index contributed by atoms with van der Waals surface area (Å²) in [6.07, 6.45) is 7.79. The van der Waals surface area contributed by atoms with Crippen LogP contribution < -0.4 is 10.9 Å². The lowest BCUT2D eigenvalue weighted by atomic mass is 9.97. The van der Waals surface area contributed by atoms with E-state index in [0.29, 0.717) is 30.1 Å². The molecule has 146 valence electrons. The van der Waals surface area contributed by atoms with E-state index in [9.17, 15) is 9.59 Å². The molecular formula is C22H26N4O2. The highest BCUT2D eigenvalue weighted by atomic mass is 16.1. The van der Waals surface area contributed by atoms with Crippen LogP contribution in [-0.4, -0.2) is 26.6 Å². The molecule has 1 aliphatic rings. The van der Waals surface area contributed by atoms with Gasteiger partial charge in [0.15, 0.2) is 0 Å². The van der Waals surface area contributed by atoms with Crippen LogP contribution in [0.25, 0.3) is 5.52 Å². The molecule has 0 saturated heterocycles. The number of hydrogen-bond donors (Lipinski definition) is 1. The summed E-state index contributed by atoms with van der Waals surface area (Å²) in [4.78, 5) is 25.2. The number of carbonyl (C=O) groups is 1. The van der Waals surface area contributed by atoms with Crippen LogP contribution in [-0.2, 0) is 19.4 Å². The Balaban J connectivity index is 1.56. The van der Waals surface area contributed by atoms with Crippen LogP contribution in [0.15, 0.2) is 41.5 Å². The van der Waals surface area contributed by atoms with Crippen molar-refractivity contribution in [2.24, 2.45) is 5.92 Å². The van der Waals surface area contributed by atoms with Gasteiger partial charge in [-0.1, -0.05) is 26.0 Å². The Kier molecular flexibility index (Phi) is 5.03. The van der Waals surface area contributed by atoms with E-state index in [1.165, 1.54) is 0 Å². The van der Waals surface area contributed by atoms with E-state index >= 15 is 0 Å². The summed E-state index contributed by atoms with van der Waals surface area (Å²) in [7, 11) is 0. The second-order valence-corrected chi connectivity index (χ2v) is 7.96. The van der Waals surface area contributed by atoms with Crippen molar-refractivity contribution >= 4 is 11.4 Å². The quantitative estimate of drug-likeness (QED) is 0.742. The number of hydrogen-bond acceptors (Lipinski definition) is 3. The van der Waals surface area contributed by atoms with Crippen LogP contribution in [0.2, 0.25) is 0 Å². The summed E-state index contributed by atoms with van der Waals surface area (Å²) < 4.78 is 3.46. The molecule has 1 amide bonds. The maximum Gasteiger partial charge on any atom is 0.277 e. The standard InChI is InChI=1S/C22H26N4O2/c1-15(2)13-23-21(27)17-9-7-16(8-10-17)14-25-11-12-26-20(22(25)28)18-5-3-4-6-19(18)24-26/h7-12,15H,3-6,13-14H2,1-2H3,(H,23,27). The van der Waals surface area contributed by atoms with Crippen molar-refractivity contribution < 1.29 is 4.79 Å². The number of nitrogens with one attached hydrogen (secondary N) is 1. The van der Waals surface area contributed by atoms with Gasteiger partial charge in [0.05, 0.1) is 12.2 Å². The predicted octanol–water partition coefficient (Wildman–Crippen LogP) is 2.81. The first-order chi connectivity index (χ1) is 13.5. The zero-order valence-electron chi connectivity index (χ0n) is 16.4. The molecule has 6 nitrogen and oxygen atoms in total. The molecule has 4 rings (SSSR count). The van der Waals surface area contributed by atoms with Crippen LogP contribution in [0, 0.1) is 5.92 Å². The average Bonchev–Trinajstić information content (AvgIpc) is 3.08. The van der Waals surface area contributed by atoms with Crippen molar-refractivity contribution in [1.29, 1.82) is 0 Å². The monoisotopic (exact) mass is 378 g/mol. The lowest BCUT2D eigenvalue weighted by molar-refractivity contribution is 0.0949. The molecule has 0 aliphatic heterocycles. The summed E-state index contributed by atoms with van der Waals surface area (Å²) in [5.74, 6) is 0.351. The Morgan fingerprint density at radius 2 is 1.89 bits per heavy atom. The molecular weight excluding hydrogens is 352 g/mol. The normalized spacial score (nSPS) is 13.7. The zero-order chi connectivity index (χ0) is 19.7. The molecule has 2 heterocycles. The fourth-order valence-electron chi connectivity index (χ4n) is 3.74. The molecule has 1 N–H and O–H groups in total. The third-order valence-corrected chi connectivity index (χ3v) is 5.27. The average molecular weight is 378 g/mol. The molecule has 3 aromatic rings. The Morgan fingerprint density at radius 3 is 2.64 bits per heavy atom. The minimum absolute atomic E-state index is 0.00287. The predicted molar refractivity (Wildman–Crippen MR) is 109 cm³/mol. The first kappa shape index (κ1) is 18.5. The second kappa shape index (κ2) is 7.62. The zero-order valence-corrected chi connectivity index (χ0v) is 16.4. The molecule has 0 unspecified atom stereocenters. The van der Waals surface area contributed by atoms with Gasteiger partial charge in [-0.3, -0.25) is 9.59 Å².